The van der Waals surface area contributed by atoms with Gasteiger partial charge in [-0.05, 0) is 54.0 Å². The minimum Gasteiger partial charge on any atom is -0.369 e. The molecular formula is C22H26BrN7O. The summed E-state index contributed by atoms with van der Waals surface area (Å²) in [5.74, 6) is 0.470. The maximum atomic E-state index is 12.5. The number of benzene rings is 1. The summed E-state index contributed by atoms with van der Waals surface area (Å²) in [5, 5.41) is 4.09. The zero-order valence-corrected chi connectivity index (χ0v) is 19.2. The van der Waals surface area contributed by atoms with E-state index in [1.165, 1.54) is 5.69 Å². The van der Waals surface area contributed by atoms with E-state index in [9.17, 15) is 4.79 Å². The molecule has 3 aromatic rings. The van der Waals surface area contributed by atoms with Crippen LogP contribution in [0.1, 0.15) is 31.7 Å². The lowest BCUT2D eigenvalue weighted by Gasteiger charge is -2.34. The average Bonchev–Trinajstić information content (AvgIpc) is 3.30. The molecule has 31 heavy (non-hydrogen) atoms. The Morgan fingerprint density at radius 3 is 2.55 bits per heavy atom. The van der Waals surface area contributed by atoms with E-state index in [2.05, 4.69) is 60.2 Å². The summed E-state index contributed by atoms with van der Waals surface area (Å²) in [6.07, 6.45) is 7.55. The van der Waals surface area contributed by atoms with Gasteiger partial charge in [-0.3, -0.25) is 4.57 Å². The molecular weight excluding hydrogens is 458 g/mol. The van der Waals surface area contributed by atoms with Crippen molar-refractivity contribution in [1.82, 2.24) is 24.4 Å². The van der Waals surface area contributed by atoms with Crippen molar-refractivity contribution in [2.24, 2.45) is 0 Å². The molecule has 8 nitrogen and oxygen atoms in total. The number of likely N-dealkylation sites (N-methyl/N-ethyl adjacent to an activating group) is 1. The van der Waals surface area contributed by atoms with Crippen LogP contribution in [-0.4, -0.2) is 57.6 Å². The van der Waals surface area contributed by atoms with Crippen molar-refractivity contribution in [3.63, 3.8) is 0 Å². The van der Waals surface area contributed by atoms with Gasteiger partial charge in [0.2, 0.25) is 5.95 Å². The van der Waals surface area contributed by atoms with Crippen LogP contribution in [0.15, 0.2) is 39.9 Å². The number of rotatable bonds is 4. The summed E-state index contributed by atoms with van der Waals surface area (Å²) in [6, 6.07) is 6.47. The first-order valence-electron chi connectivity index (χ1n) is 10.8. The molecule has 1 aromatic carbocycles. The summed E-state index contributed by atoms with van der Waals surface area (Å²) < 4.78 is 2.70. The van der Waals surface area contributed by atoms with Crippen LogP contribution in [0.25, 0.3) is 11.0 Å². The number of nitrogens with one attached hydrogen (secondary N) is 1. The fraction of sp³-hybridized carbons (Fsp3) is 0.455. The van der Waals surface area contributed by atoms with Crippen molar-refractivity contribution in [3.05, 3.63) is 45.5 Å². The lowest BCUT2D eigenvalue weighted by molar-refractivity contribution is 0.313. The molecule has 0 bridgehead atoms. The smallest absolute Gasteiger partial charge is 0.349 e. The molecule has 2 aliphatic rings. The zero-order chi connectivity index (χ0) is 21.4. The van der Waals surface area contributed by atoms with Gasteiger partial charge < -0.3 is 15.1 Å². The largest absolute Gasteiger partial charge is 0.369 e. The molecule has 1 saturated carbocycles. The Labute approximate surface area is 189 Å². The van der Waals surface area contributed by atoms with E-state index >= 15 is 0 Å². The van der Waals surface area contributed by atoms with E-state index in [0.717, 1.165) is 67.4 Å². The molecule has 0 unspecified atom stereocenters. The van der Waals surface area contributed by atoms with Crippen molar-refractivity contribution in [3.8, 4) is 0 Å². The van der Waals surface area contributed by atoms with Gasteiger partial charge >= 0.3 is 5.69 Å². The molecule has 5 rings (SSSR count). The van der Waals surface area contributed by atoms with Crippen LogP contribution >= 0.6 is 15.9 Å². The van der Waals surface area contributed by atoms with Gasteiger partial charge in [-0.1, -0.05) is 12.8 Å². The van der Waals surface area contributed by atoms with E-state index in [4.69, 9.17) is 4.98 Å². The third-order valence-electron chi connectivity index (χ3n) is 6.30. The van der Waals surface area contributed by atoms with Gasteiger partial charge in [-0.25, -0.2) is 14.8 Å². The second-order valence-corrected chi connectivity index (χ2v) is 9.26. The van der Waals surface area contributed by atoms with Crippen LogP contribution in [0.5, 0.6) is 0 Å². The topological polar surface area (TPSA) is 79.2 Å². The molecule has 1 N–H and O–H groups in total. The molecule has 0 radical (unpaired) electrons. The van der Waals surface area contributed by atoms with E-state index < -0.39 is 0 Å². The number of hydrogen-bond acceptors (Lipinski definition) is 7. The molecule has 0 amide bonds. The number of piperazine rings is 1. The van der Waals surface area contributed by atoms with Crippen LogP contribution in [0.4, 0.5) is 17.3 Å². The number of anilines is 3. The lowest BCUT2D eigenvalue weighted by atomic mass is 10.2. The molecule has 1 aliphatic carbocycles. The van der Waals surface area contributed by atoms with Gasteiger partial charge in [0.05, 0.1) is 11.1 Å². The SMILES string of the molecule is CN1CCN(c2ccc(Nc3ncc4cnc(=O)n(C5CCCC5)c4n3)c(Br)c2)CC1. The van der Waals surface area contributed by atoms with Crippen molar-refractivity contribution < 1.29 is 0 Å². The summed E-state index contributed by atoms with van der Waals surface area (Å²) in [6.45, 7) is 4.19. The number of hydrogen-bond donors (Lipinski definition) is 1. The monoisotopic (exact) mass is 483 g/mol. The highest BCUT2D eigenvalue weighted by molar-refractivity contribution is 9.10. The standard InChI is InChI=1S/C22H26BrN7O/c1-28-8-10-29(11-9-28)17-6-7-19(18(23)12-17)26-21-24-13-15-14-25-22(31)30(20(15)27-21)16-4-2-3-5-16/h6-7,12-14,16H,2-5,8-11H2,1H3,(H,24,26,27). The normalized spacial score (nSPS) is 18.1. The summed E-state index contributed by atoms with van der Waals surface area (Å²) in [4.78, 5) is 30.4. The zero-order valence-electron chi connectivity index (χ0n) is 17.6. The Kier molecular flexibility index (Phi) is 5.62. The number of nitrogens with zero attached hydrogens (tertiary/aromatic N) is 6. The van der Waals surface area contributed by atoms with Gasteiger partial charge in [0.25, 0.3) is 0 Å². The Morgan fingerprint density at radius 2 is 1.81 bits per heavy atom. The number of aromatic nitrogens is 4. The molecule has 9 heteroatoms. The highest BCUT2D eigenvalue weighted by Gasteiger charge is 2.21. The molecule has 2 aromatic heterocycles. The maximum absolute atomic E-state index is 12.5. The lowest BCUT2D eigenvalue weighted by Crippen LogP contribution is -2.44. The van der Waals surface area contributed by atoms with Gasteiger partial charge in [0.15, 0.2) is 5.65 Å². The van der Waals surface area contributed by atoms with Crippen molar-refractivity contribution >= 4 is 44.3 Å². The van der Waals surface area contributed by atoms with E-state index in [1.54, 1.807) is 17.0 Å². The quantitative estimate of drug-likeness (QED) is 0.607. The highest BCUT2D eigenvalue weighted by Crippen LogP contribution is 2.32. The Balaban J connectivity index is 1.42. The van der Waals surface area contributed by atoms with Crippen LogP contribution in [0, 0.1) is 0 Å². The molecule has 1 saturated heterocycles. The minimum atomic E-state index is -0.234. The van der Waals surface area contributed by atoms with Crippen molar-refractivity contribution in [2.45, 2.75) is 31.7 Å². The van der Waals surface area contributed by atoms with Crippen molar-refractivity contribution in [2.75, 3.05) is 43.4 Å². The second-order valence-electron chi connectivity index (χ2n) is 8.40. The Bertz CT molecular complexity index is 1150. The van der Waals surface area contributed by atoms with Gasteiger partial charge in [-0.15, -0.1) is 0 Å². The second kappa shape index (κ2) is 8.55. The molecule has 162 valence electrons. The predicted molar refractivity (Wildman–Crippen MR) is 126 cm³/mol. The predicted octanol–water partition coefficient (Wildman–Crippen LogP) is 3.56. The van der Waals surface area contributed by atoms with Gasteiger partial charge in [0, 0.05) is 54.8 Å². The first-order valence-corrected chi connectivity index (χ1v) is 11.6. The third-order valence-corrected chi connectivity index (χ3v) is 6.96. The first-order chi connectivity index (χ1) is 15.1. The number of halogens is 1. The molecule has 3 heterocycles. The maximum Gasteiger partial charge on any atom is 0.349 e. The summed E-state index contributed by atoms with van der Waals surface area (Å²) >= 11 is 3.69. The van der Waals surface area contributed by atoms with Crippen molar-refractivity contribution in [1.29, 1.82) is 0 Å². The average molecular weight is 484 g/mol. The molecule has 2 fully saturated rings. The number of fused-ring (bicyclic) bond motifs is 1. The molecule has 1 aliphatic heterocycles. The summed E-state index contributed by atoms with van der Waals surface area (Å²) in [5.41, 5.74) is 2.50. The fourth-order valence-electron chi connectivity index (χ4n) is 4.48. The Hall–Kier alpha value is -2.52. The highest BCUT2D eigenvalue weighted by atomic mass is 79.9. The van der Waals surface area contributed by atoms with Gasteiger partial charge in [-0.2, -0.15) is 4.98 Å². The van der Waals surface area contributed by atoms with Crippen LogP contribution in [0.3, 0.4) is 0 Å². The van der Waals surface area contributed by atoms with Crippen LogP contribution < -0.4 is 15.9 Å². The van der Waals surface area contributed by atoms with E-state index in [1.807, 2.05) is 6.07 Å². The molecule has 0 atom stereocenters. The Morgan fingerprint density at radius 1 is 1.06 bits per heavy atom. The minimum absolute atomic E-state index is 0.168. The van der Waals surface area contributed by atoms with Crippen LogP contribution in [0.2, 0.25) is 0 Å². The summed E-state index contributed by atoms with van der Waals surface area (Å²) in [7, 11) is 2.16. The molecule has 0 spiro atoms. The first kappa shape index (κ1) is 20.4. The third kappa shape index (κ3) is 4.16. The van der Waals surface area contributed by atoms with E-state index in [-0.39, 0.29) is 11.7 Å². The van der Waals surface area contributed by atoms with Gasteiger partial charge in [0.1, 0.15) is 0 Å². The van der Waals surface area contributed by atoms with Crippen LogP contribution in [-0.2, 0) is 0 Å². The van der Waals surface area contributed by atoms with E-state index in [0.29, 0.717) is 11.6 Å². The fourth-order valence-corrected chi connectivity index (χ4v) is 4.95.